The zero-order valence-corrected chi connectivity index (χ0v) is 14.6. The minimum absolute atomic E-state index is 0.743. The first-order chi connectivity index (χ1) is 12.2. The second kappa shape index (κ2) is 6.65. The van der Waals surface area contributed by atoms with Crippen molar-refractivity contribution in [3.8, 4) is 0 Å². The summed E-state index contributed by atoms with van der Waals surface area (Å²) in [6.07, 6.45) is 3.89. The molecule has 0 amide bonds. The summed E-state index contributed by atoms with van der Waals surface area (Å²) >= 11 is 6.00. The lowest BCUT2D eigenvalue weighted by Gasteiger charge is -2.04. The number of nitrogens with one attached hydrogen (secondary N) is 1. The number of hydrogen-bond donors (Lipinski definition) is 1. The highest BCUT2D eigenvalue weighted by atomic mass is 35.5. The van der Waals surface area contributed by atoms with Crippen LogP contribution in [0.1, 0.15) is 35.9 Å². The molecular weight excluding hydrogens is 332 g/mol. The van der Waals surface area contributed by atoms with Crippen LogP contribution in [0.3, 0.4) is 0 Å². The van der Waals surface area contributed by atoms with Crippen molar-refractivity contribution < 1.29 is 0 Å². The number of fused-ring (bicyclic) bond motifs is 1. The first kappa shape index (κ1) is 15.8. The number of tetrazole rings is 1. The molecule has 4 nitrogen and oxygen atoms in total. The standard InChI is InChI=1S/C20H17ClN4/c1-13-16(10-11-20-22-24-25-23-20)17-4-2-3-5-18(17)19(13)12-14-6-8-15(21)9-7-14/h2-9,12H,10-11H2,1H3,(H,22,23,24,25)/b19-12-. The predicted molar refractivity (Wildman–Crippen MR) is 101 cm³/mol. The minimum atomic E-state index is 0.743. The fourth-order valence-corrected chi connectivity index (χ4v) is 3.43. The highest BCUT2D eigenvalue weighted by Gasteiger charge is 2.23. The summed E-state index contributed by atoms with van der Waals surface area (Å²) in [6.45, 7) is 2.19. The lowest BCUT2D eigenvalue weighted by atomic mass is 10.0. The molecular formula is C20H17ClN4. The fraction of sp³-hybridized carbons (Fsp3) is 0.150. The van der Waals surface area contributed by atoms with Gasteiger partial charge in [0.1, 0.15) is 0 Å². The summed E-state index contributed by atoms with van der Waals surface area (Å²) in [5.41, 5.74) is 7.64. The average Bonchev–Trinajstić information content (AvgIpc) is 3.23. The number of H-pyrrole nitrogens is 1. The van der Waals surface area contributed by atoms with Gasteiger partial charge in [0, 0.05) is 11.4 Å². The maximum atomic E-state index is 6.00. The van der Waals surface area contributed by atoms with Crippen LogP contribution >= 0.6 is 11.6 Å². The van der Waals surface area contributed by atoms with E-state index in [0.717, 1.165) is 29.3 Å². The highest BCUT2D eigenvalue weighted by molar-refractivity contribution is 6.30. The second-order valence-corrected chi connectivity index (χ2v) is 6.52. The summed E-state index contributed by atoms with van der Waals surface area (Å²) in [4.78, 5) is 0. The molecule has 1 aliphatic carbocycles. The van der Waals surface area contributed by atoms with Gasteiger partial charge in [0.15, 0.2) is 5.82 Å². The SMILES string of the molecule is CC1=C(CCc2nn[nH]n2)c2ccccc2/C1=C\c1ccc(Cl)cc1. The number of rotatable bonds is 4. The molecule has 0 saturated heterocycles. The van der Waals surface area contributed by atoms with Gasteiger partial charge in [0.2, 0.25) is 0 Å². The first-order valence-corrected chi connectivity index (χ1v) is 8.59. The molecule has 0 bridgehead atoms. The molecule has 0 unspecified atom stereocenters. The third kappa shape index (κ3) is 3.13. The van der Waals surface area contributed by atoms with Gasteiger partial charge in [0.05, 0.1) is 0 Å². The van der Waals surface area contributed by atoms with Gasteiger partial charge in [-0.3, -0.25) is 0 Å². The van der Waals surface area contributed by atoms with Crippen LogP contribution in [0.2, 0.25) is 5.02 Å². The van der Waals surface area contributed by atoms with Gasteiger partial charge in [0.25, 0.3) is 0 Å². The molecule has 0 radical (unpaired) electrons. The average molecular weight is 349 g/mol. The van der Waals surface area contributed by atoms with Crippen molar-refractivity contribution in [1.82, 2.24) is 20.6 Å². The Morgan fingerprint density at radius 2 is 1.76 bits per heavy atom. The quantitative estimate of drug-likeness (QED) is 0.735. The van der Waals surface area contributed by atoms with Crippen molar-refractivity contribution in [3.63, 3.8) is 0 Å². The summed E-state index contributed by atoms with van der Waals surface area (Å²) in [5, 5.41) is 15.0. The van der Waals surface area contributed by atoms with Crippen LogP contribution in [-0.4, -0.2) is 20.6 Å². The largest absolute Gasteiger partial charge is 0.177 e. The van der Waals surface area contributed by atoms with Crippen LogP contribution in [0.15, 0.2) is 54.1 Å². The number of hydrogen-bond acceptors (Lipinski definition) is 3. The third-order valence-corrected chi connectivity index (χ3v) is 4.82. The number of aromatic nitrogens is 4. The molecule has 0 spiro atoms. The Balaban J connectivity index is 1.72. The van der Waals surface area contributed by atoms with Gasteiger partial charge in [-0.25, -0.2) is 0 Å². The Morgan fingerprint density at radius 1 is 1.00 bits per heavy atom. The zero-order valence-electron chi connectivity index (χ0n) is 13.8. The van der Waals surface area contributed by atoms with E-state index in [9.17, 15) is 0 Å². The number of aromatic amines is 1. The van der Waals surface area contributed by atoms with E-state index >= 15 is 0 Å². The van der Waals surface area contributed by atoms with Crippen molar-refractivity contribution in [2.75, 3.05) is 0 Å². The molecule has 1 aromatic heterocycles. The van der Waals surface area contributed by atoms with Crippen molar-refractivity contribution >= 4 is 28.8 Å². The topological polar surface area (TPSA) is 54.5 Å². The Hall–Kier alpha value is -2.72. The van der Waals surface area contributed by atoms with Crippen LogP contribution in [0.5, 0.6) is 0 Å². The molecule has 124 valence electrons. The maximum absolute atomic E-state index is 6.00. The smallest absolute Gasteiger partial charge is 0.174 e. The maximum Gasteiger partial charge on any atom is 0.174 e. The lowest BCUT2D eigenvalue weighted by Crippen LogP contribution is -1.92. The molecule has 0 aliphatic heterocycles. The van der Waals surface area contributed by atoms with Crippen molar-refractivity contribution in [1.29, 1.82) is 0 Å². The van der Waals surface area contributed by atoms with Gasteiger partial charge in [-0.2, -0.15) is 5.21 Å². The van der Waals surface area contributed by atoms with Crippen LogP contribution < -0.4 is 0 Å². The molecule has 1 aliphatic rings. The van der Waals surface area contributed by atoms with Crippen LogP contribution in [0.4, 0.5) is 0 Å². The Kier molecular flexibility index (Phi) is 4.20. The van der Waals surface area contributed by atoms with E-state index in [4.69, 9.17) is 11.6 Å². The summed E-state index contributed by atoms with van der Waals surface area (Å²) in [5.74, 6) is 0.743. The second-order valence-electron chi connectivity index (χ2n) is 6.09. The third-order valence-electron chi connectivity index (χ3n) is 4.57. The van der Waals surface area contributed by atoms with Crippen LogP contribution in [0, 0.1) is 0 Å². The van der Waals surface area contributed by atoms with Crippen molar-refractivity contribution in [3.05, 3.63) is 81.6 Å². The summed E-state index contributed by atoms with van der Waals surface area (Å²) < 4.78 is 0. The fourth-order valence-electron chi connectivity index (χ4n) is 3.31. The lowest BCUT2D eigenvalue weighted by molar-refractivity contribution is 0.881. The van der Waals surface area contributed by atoms with Gasteiger partial charge in [-0.15, -0.1) is 10.2 Å². The Morgan fingerprint density at radius 3 is 2.48 bits per heavy atom. The Labute approximate surface area is 151 Å². The summed E-state index contributed by atoms with van der Waals surface area (Å²) in [6, 6.07) is 16.5. The van der Waals surface area contributed by atoms with E-state index in [1.54, 1.807) is 0 Å². The number of halogens is 1. The van der Waals surface area contributed by atoms with E-state index in [0.29, 0.717) is 0 Å². The zero-order chi connectivity index (χ0) is 17.2. The highest BCUT2D eigenvalue weighted by Crippen LogP contribution is 2.43. The number of nitrogens with zero attached hydrogens (tertiary/aromatic N) is 3. The van der Waals surface area contributed by atoms with E-state index in [-0.39, 0.29) is 0 Å². The van der Waals surface area contributed by atoms with Gasteiger partial charge < -0.3 is 0 Å². The monoisotopic (exact) mass is 348 g/mol. The van der Waals surface area contributed by atoms with Crippen molar-refractivity contribution in [2.24, 2.45) is 0 Å². The van der Waals surface area contributed by atoms with Gasteiger partial charge >= 0.3 is 0 Å². The van der Waals surface area contributed by atoms with Crippen LogP contribution in [0.25, 0.3) is 17.2 Å². The molecule has 25 heavy (non-hydrogen) atoms. The number of aryl methyl sites for hydroxylation is 1. The van der Waals surface area contributed by atoms with Crippen LogP contribution in [-0.2, 0) is 6.42 Å². The molecule has 0 saturated carbocycles. The number of allylic oxidation sites excluding steroid dienone is 3. The van der Waals surface area contributed by atoms with Crippen molar-refractivity contribution in [2.45, 2.75) is 19.8 Å². The van der Waals surface area contributed by atoms with Gasteiger partial charge in [-0.1, -0.05) is 53.2 Å². The molecule has 1 N–H and O–H groups in total. The first-order valence-electron chi connectivity index (χ1n) is 8.22. The van der Waals surface area contributed by atoms with E-state index in [1.165, 1.54) is 27.8 Å². The molecule has 2 aromatic carbocycles. The molecule has 0 atom stereocenters. The minimum Gasteiger partial charge on any atom is -0.177 e. The predicted octanol–water partition coefficient (Wildman–Crippen LogP) is 4.81. The van der Waals surface area contributed by atoms with Gasteiger partial charge in [-0.05, 0) is 65.0 Å². The number of benzene rings is 2. The Bertz CT molecular complexity index is 954. The van der Waals surface area contributed by atoms with E-state index in [2.05, 4.69) is 57.9 Å². The normalized spacial score (nSPS) is 15.0. The molecule has 1 heterocycles. The molecule has 3 aromatic rings. The van der Waals surface area contributed by atoms with E-state index < -0.39 is 0 Å². The summed E-state index contributed by atoms with van der Waals surface area (Å²) in [7, 11) is 0. The molecule has 5 heteroatoms. The molecule has 4 rings (SSSR count). The van der Waals surface area contributed by atoms with E-state index in [1.807, 2.05) is 24.3 Å². The molecule has 0 fully saturated rings.